The molecule has 0 saturated heterocycles. The number of anilines is 1. The lowest BCUT2D eigenvalue weighted by Crippen LogP contribution is -2.15. The number of aromatic carboxylic acids is 1. The number of carbonyl (C=O) groups is 2. The minimum Gasteiger partial charge on any atom is -0.478 e. The van der Waals surface area contributed by atoms with Gasteiger partial charge in [-0.2, -0.15) is 4.39 Å². The van der Waals surface area contributed by atoms with Crippen LogP contribution in [0.1, 0.15) is 20.7 Å². The van der Waals surface area contributed by atoms with Crippen LogP contribution in [0.4, 0.5) is 10.1 Å². The summed E-state index contributed by atoms with van der Waals surface area (Å²) in [7, 11) is 0. The summed E-state index contributed by atoms with van der Waals surface area (Å²) in [5.74, 6) is -2.85. The van der Waals surface area contributed by atoms with Crippen LogP contribution in [0.15, 0.2) is 36.5 Å². The zero-order valence-corrected chi connectivity index (χ0v) is 10.7. The average molecular weight is 295 g/mol. The number of amides is 1. The van der Waals surface area contributed by atoms with Crippen LogP contribution >= 0.6 is 11.6 Å². The smallest absolute Gasteiger partial charge is 0.335 e. The minimum absolute atomic E-state index is 0.0450. The summed E-state index contributed by atoms with van der Waals surface area (Å²) < 4.78 is 13.4. The van der Waals surface area contributed by atoms with Gasteiger partial charge in [-0.15, -0.1) is 0 Å². The molecule has 1 amide bonds. The first-order valence-electron chi connectivity index (χ1n) is 5.44. The third-order valence-corrected chi connectivity index (χ3v) is 2.79. The third-order valence-electron chi connectivity index (χ3n) is 2.47. The molecule has 5 nitrogen and oxygen atoms in total. The van der Waals surface area contributed by atoms with Crippen LogP contribution < -0.4 is 5.32 Å². The second-order valence-electron chi connectivity index (χ2n) is 3.80. The van der Waals surface area contributed by atoms with Crippen LogP contribution in [0.2, 0.25) is 5.02 Å². The fraction of sp³-hybridized carbons (Fsp3) is 0. The van der Waals surface area contributed by atoms with Crippen LogP contribution in [0.25, 0.3) is 0 Å². The van der Waals surface area contributed by atoms with Crippen molar-refractivity contribution < 1.29 is 19.1 Å². The molecule has 0 radical (unpaired) electrons. The quantitative estimate of drug-likeness (QED) is 0.853. The molecule has 7 heteroatoms. The molecule has 2 rings (SSSR count). The van der Waals surface area contributed by atoms with Gasteiger partial charge in [0.1, 0.15) is 0 Å². The molecular formula is C13H8ClFN2O3. The summed E-state index contributed by atoms with van der Waals surface area (Å²) in [5.41, 5.74) is -0.222. The van der Waals surface area contributed by atoms with Gasteiger partial charge in [-0.25, -0.2) is 9.78 Å². The first-order valence-corrected chi connectivity index (χ1v) is 5.81. The molecule has 2 aromatic rings. The highest BCUT2D eigenvalue weighted by molar-refractivity contribution is 6.34. The highest BCUT2D eigenvalue weighted by Gasteiger charge is 2.15. The second-order valence-corrected chi connectivity index (χ2v) is 4.20. The number of nitrogens with one attached hydrogen (secondary N) is 1. The van der Waals surface area contributed by atoms with Gasteiger partial charge in [-0.1, -0.05) is 11.6 Å². The fourth-order valence-electron chi connectivity index (χ4n) is 1.50. The molecule has 1 heterocycles. The van der Waals surface area contributed by atoms with Gasteiger partial charge < -0.3 is 10.4 Å². The van der Waals surface area contributed by atoms with E-state index in [1.807, 2.05) is 0 Å². The molecule has 0 fully saturated rings. The van der Waals surface area contributed by atoms with Crippen molar-refractivity contribution >= 4 is 29.2 Å². The SMILES string of the molecule is O=C(O)c1ccc(Cl)c(NC(=O)c2cccnc2F)c1. The Hall–Kier alpha value is -2.47. The minimum atomic E-state index is -1.16. The van der Waals surface area contributed by atoms with Gasteiger partial charge in [0, 0.05) is 6.20 Å². The van der Waals surface area contributed by atoms with Crippen molar-refractivity contribution in [1.82, 2.24) is 4.98 Å². The van der Waals surface area contributed by atoms with Crippen molar-refractivity contribution in [3.63, 3.8) is 0 Å². The standard InChI is InChI=1S/C13H8ClFN2O3/c14-9-4-3-7(13(19)20)6-10(9)17-12(18)8-2-1-5-16-11(8)15/h1-6H,(H,17,18)(H,19,20). The molecule has 0 aliphatic carbocycles. The molecule has 20 heavy (non-hydrogen) atoms. The van der Waals surface area contributed by atoms with Crippen LogP contribution in [0.3, 0.4) is 0 Å². The van der Waals surface area contributed by atoms with Crippen LogP contribution in [0, 0.1) is 5.95 Å². The number of benzene rings is 1. The molecular weight excluding hydrogens is 287 g/mol. The summed E-state index contributed by atoms with van der Waals surface area (Å²) in [4.78, 5) is 26.1. The summed E-state index contributed by atoms with van der Waals surface area (Å²) in [6.45, 7) is 0. The Kier molecular flexibility index (Phi) is 3.95. The van der Waals surface area contributed by atoms with E-state index in [2.05, 4.69) is 10.3 Å². The highest BCUT2D eigenvalue weighted by atomic mass is 35.5. The summed E-state index contributed by atoms with van der Waals surface area (Å²) in [5, 5.41) is 11.4. The maximum atomic E-state index is 13.4. The lowest BCUT2D eigenvalue weighted by Gasteiger charge is -2.08. The Balaban J connectivity index is 2.30. The monoisotopic (exact) mass is 294 g/mol. The van der Waals surface area contributed by atoms with Crippen molar-refractivity contribution in [2.75, 3.05) is 5.32 Å². The largest absolute Gasteiger partial charge is 0.478 e. The Morgan fingerprint density at radius 2 is 2.05 bits per heavy atom. The van der Waals surface area contributed by atoms with Crippen LogP contribution in [0.5, 0.6) is 0 Å². The van der Waals surface area contributed by atoms with Gasteiger partial charge in [0.25, 0.3) is 5.91 Å². The van der Waals surface area contributed by atoms with E-state index in [1.54, 1.807) is 0 Å². The Morgan fingerprint density at radius 3 is 2.70 bits per heavy atom. The van der Waals surface area contributed by atoms with Gasteiger partial charge in [-0.3, -0.25) is 4.79 Å². The molecule has 102 valence electrons. The third kappa shape index (κ3) is 2.92. The van der Waals surface area contributed by atoms with E-state index in [4.69, 9.17) is 16.7 Å². The van der Waals surface area contributed by atoms with Gasteiger partial charge in [0.15, 0.2) is 0 Å². The summed E-state index contributed by atoms with van der Waals surface area (Å²) in [6, 6.07) is 6.49. The first kappa shape index (κ1) is 14.0. The molecule has 2 N–H and O–H groups in total. The second kappa shape index (κ2) is 5.66. The topological polar surface area (TPSA) is 79.3 Å². The summed E-state index contributed by atoms with van der Waals surface area (Å²) in [6.07, 6.45) is 1.21. The first-order chi connectivity index (χ1) is 9.49. The van der Waals surface area contributed by atoms with E-state index in [-0.39, 0.29) is 21.8 Å². The fourth-order valence-corrected chi connectivity index (χ4v) is 1.66. The van der Waals surface area contributed by atoms with Crippen molar-refractivity contribution in [3.8, 4) is 0 Å². The molecule has 0 aliphatic heterocycles. The number of carboxylic acid groups (broad SMARTS) is 1. The lowest BCUT2D eigenvalue weighted by molar-refractivity contribution is 0.0696. The average Bonchev–Trinajstić information content (AvgIpc) is 2.41. The van der Waals surface area contributed by atoms with Gasteiger partial charge in [0.2, 0.25) is 5.95 Å². The Bertz CT molecular complexity index is 691. The number of rotatable bonds is 3. The van der Waals surface area contributed by atoms with E-state index in [1.165, 1.54) is 36.5 Å². The normalized spacial score (nSPS) is 10.1. The molecule has 0 spiro atoms. The van der Waals surface area contributed by atoms with E-state index in [9.17, 15) is 14.0 Å². The van der Waals surface area contributed by atoms with Crippen molar-refractivity contribution in [2.45, 2.75) is 0 Å². The van der Waals surface area contributed by atoms with Crippen LogP contribution in [-0.4, -0.2) is 22.0 Å². The molecule has 0 bridgehead atoms. The van der Waals surface area contributed by atoms with E-state index < -0.39 is 17.8 Å². The molecule has 1 aromatic heterocycles. The molecule has 0 unspecified atom stereocenters. The van der Waals surface area contributed by atoms with Gasteiger partial charge in [-0.05, 0) is 30.3 Å². The number of hydrogen-bond donors (Lipinski definition) is 2. The van der Waals surface area contributed by atoms with Crippen LogP contribution in [-0.2, 0) is 0 Å². The van der Waals surface area contributed by atoms with Crippen molar-refractivity contribution in [3.05, 3.63) is 58.6 Å². The van der Waals surface area contributed by atoms with Crippen molar-refractivity contribution in [2.24, 2.45) is 0 Å². The van der Waals surface area contributed by atoms with Gasteiger partial charge >= 0.3 is 5.97 Å². The number of aromatic nitrogens is 1. The number of hydrogen-bond acceptors (Lipinski definition) is 3. The Labute approximate surface area is 118 Å². The number of nitrogens with zero attached hydrogens (tertiary/aromatic N) is 1. The molecule has 0 saturated carbocycles. The number of carbonyl (C=O) groups excluding carboxylic acids is 1. The Morgan fingerprint density at radius 1 is 1.30 bits per heavy atom. The molecule has 1 aromatic carbocycles. The number of pyridine rings is 1. The number of carboxylic acids is 1. The highest BCUT2D eigenvalue weighted by Crippen LogP contribution is 2.24. The van der Waals surface area contributed by atoms with E-state index >= 15 is 0 Å². The zero-order valence-electron chi connectivity index (χ0n) is 9.93. The molecule has 0 atom stereocenters. The number of halogens is 2. The van der Waals surface area contributed by atoms with E-state index in [0.717, 1.165) is 0 Å². The maximum absolute atomic E-state index is 13.4. The lowest BCUT2D eigenvalue weighted by atomic mass is 10.2. The molecule has 0 aliphatic rings. The predicted octanol–water partition coefficient (Wildman–Crippen LogP) is 2.82. The maximum Gasteiger partial charge on any atom is 0.335 e. The van der Waals surface area contributed by atoms with Gasteiger partial charge in [0.05, 0.1) is 21.8 Å². The van der Waals surface area contributed by atoms with E-state index in [0.29, 0.717) is 0 Å². The predicted molar refractivity (Wildman–Crippen MR) is 70.6 cm³/mol. The summed E-state index contributed by atoms with van der Waals surface area (Å²) >= 11 is 5.86. The van der Waals surface area contributed by atoms with Crippen molar-refractivity contribution in [1.29, 1.82) is 0 Å². The zero-order chi connectivity index (χ0) is 14.7.